The zero-order valence-corrected chi connectivity index (χ0v) is 11.5. The number of ether oxygens (including phenoxy) is 1. The minimum absolute atomic E-state index is 0.0984. The second-order valence-electron chi connectivity index (χ2n) is 3.99. The van der Waals surface area contributed by atoms with Crippen LogP contribution in [0.4, 0.5) is 5.82 Å². The highest BCUT2D eigenvalue weighted by atomic mass is 16.5. The van der Waals surface area contributed by atoms with Gasteiger partial charge >= 0.3 is 5.97 Å². The van der Waals surface area contributed by atoms with Gasteiger partial charge in [0.2, 0.25) is 5.91 Å². The number of hydrogen-bond acceptors (Lipinski definition) is 5. The van der Waals surface area contributed by atoms with Crippen molar-refractivity contribution in [3.63, 3.8) is 0 Å². The Hall–Kier alpha value is -2.11. The second-order valence-corrected chi connectivity index (χ2v) is 3.99. The van der Waals surface area contributed by atoms with E-state index in [4.69, 9.17) is 0 Å². The lowest BCUT2D eigenvalue weighted by Gasteiger charge is -2.22. The largest absolute Gasteiger partial charge is 0.465 e. The van der Waals surface area contributed by atoms with Crippen molar-refractivity contribution in [3.8, 4) is 0 Å². The number of hydrogen-bond donors (Lipinski definition) is 1. The Balaban J connectivity index is 2.95. The van der Waals surface area contributed by atoms with Crippen LogP contribution in [0.5, 0.6) is 0 Å². The number of aromatic nitrogens is 1. The van der Waals surface area contributed by atoms with Crippen molar-refractivity contribution in [2.75, 3.05) is 32.1 Å². The molecule has 0 aliphatic heterocycles. The van der Waals surface area contributed by atoms with Crippen LogP contribution in [0, 0.1) is 0 Å². The first-order valence-electron chi connectivity index (χ1n) is 6.12. The summed E-state index contributed by atoms with van der Waals surface area (Å²) < 4.78 is 4.67. The van der Waals surface area contributed by atoms with Gasteiger partial charge in [0.15, 0.2) is 0 Å². The Morgan fingerprint density at radius 1 is 1.47 bits per heavy atom. The van der Waals surface area contributed by atoms with Crippen molar-refractivity contribution in [1.29, 1.82) is 0 Å². The van der Waals surface area contributed by atoms with Crippen molar-refractivity contribution in [1.82, 2.24) is 10.3 Å². The molecule has 1 amide bonds. The minimum Gasteiger partial charge on any atom is -0.465 e. The number of anilines is 1. The number of likely N-dealkylation sites (N-methyl/N-ethyl adjacent to an activating group) is 1. The summed E-state index contributed by atoms with van der Waals surface area (Å²) in [6.45, 7) is 2.91. The fourth-order valence-electron chi connectivity index (χ4n) is 1.63. The summed E-state index contributed by atoms with van der Waals surface area (Å²) in [7, 11) is 2.92. The molecule has 1 aromatic rings. The topological polar surface area (TPSA) is 71.5 Å². The molecule has 6 heteroatoms. The highest BCUT2D eigenvalue weighted by Gasteiger charge is 2.13. The Morgan fingerprint density at radius 2 is 2.21 bits per heavy atom. The number of amides is 1. The van der Waals surface area contributed by atoms with Crippen LogP contribution in [0.15, 0.2) is 18.3 Å². The molecule has 0 saturated carbocycles. The molecule has 0 saturated heterocycles. The van der Waals surface area contributed by atoms with Gasteiger partial charge in [-0.05, 0) is 18.6 Å². The third-order valence-corrected chi connectivity index (χ3v) is 2.60. The fourth-order valence-corrected chi connectivity index (χ4v) is 1.63. The molecule has 1 rings (SSSR count). The Kier molecular flexibility index (Phi) is 5.78. The maximum atomic E-state index is 11.5. The van der Waals surface area contributed by atoms with Crippen molar-refractivity contribution in [2.45, 2.75) is 13.3 Å². The van der Waals surface area contributed by atoms with E-state index in [-0.39, 0.29) is 12.5 Å². The van der Waals surface area contributed by atoms with E-state index >= 15 is 0 Å². The summed E-state index contributed by atoms with van der Waals surface area (Å²) in [5.74, 6) is 0.0760. The zero-order valence-electron chi connectivity index (χ0n) is 11.5. The smallest absolute Gasteiger partial charge is 0.338 e. The van der Waals surface area contributed by atoms with Gasteiger partial charge in [0.25, 0.3) is 0 Å². The average Bonchev–Trinajstić information content (AvgIpc) is 2.45. The molecule has 19 heavy (non-hydrogen) atoms. The number of nitrogens with zero attached hydrogens (tertiary/aromatic N) is 2. The first-order chi connectivity index (χ1) is 9.12. The summed E-state index contributed by atoms with van der Waals surface area (Å²) in [6, 6.07) is 3.21. The normalized spacial score (nSPS) is 9.84. The number of rotatable bonds is 6. The van der Waals surface area contributed by atoms with Gasteiger partial charge in [-0.25, -0.2) is 9.78 Å². The lowest BCUT2D eigenvalue weighted by atomic mass is 10.2. The Morgan fingerprint density at radius 3 is 2.79 bits per heavy atom. The number of methoxy groups -OCH3 is 1. The summed E-state index contributed by atoms with van der Waals surface area (Å²) in [4.78, 5) is 29.0. The number of carbonyl (C=O) groups excluding carboxylic acids is 2. The van der Waals surface area contributed by atoms with Gasteiger partial charge in [-0.2, -0.15) is 0 Å². The first kappa shape index (κ1) is 14.9. The molecule has 0 fully saturated rings. The van der Waals surface area contributed by atoms with Crippen LogP contribution in [0.3, 0.4) is 0 Å². The van der Waals surface area contributed by atoms with Crippen LogP contribution in [-0.4, -0.2) is 44.1 Å². The lowest BCUT2D eigenvalue weighted by molar-refractivity contribution is -0.119. The lowest BCUT2D eigenvalue weighted by Crippen LogP contribution is -2.36. The van der Waals surface area contributed by atoms with Crippen LogP contribution in [0.2, 0.25) is 0 Å². The fraction of sp³-hybridized carbons (Fsp3) is 0.462. The van der Waals surface area contributed by atoms with Gasteiger partial charge in [-0.1, -0.05) is 6.92 Å². The van der Waals surface area contributed by atoms with E-state index in [9.17, 15) is 9.59 Å². The third-order valence-electron chi connectivity index (χ3n) is 2.60. The maximum Gasteiger partial charge on any atom is 0.338 e. The standard InChI is InChI=1S/C13H19N3O3/c1-4-7-16(9-12(17)14-2)11-8-10(5-6-15-11)13(18)19-3/h5-6,8H,4,7,9H2,1-3H3,(H,14,17). The molecule has 6 nitrogen and oxygen atoms in total. The van der Waals surface area contributed by atoms with Crippen molar-refractivity contribution in [3.05, 3.63) is 23.9 Å². The predicted octanol–water partition coefficient (Wildman–Crippen LogP) is 0.831. The molecule has 1 heterocycles. The maximum absolute atomic E-state index is 11.5. The van der Waals surface area contributed by atoms with Crippen LogP contribution in [0.25, 0.3) is 0 Å². The van der Waals surface area contributed by atoms with E-state index in [2.05, 4.69) is 15.0 Å². The Labute approximate surface area is 112 Å². The number of carbonyl (C=O) groups is 2. The summed E-state index contributed by atoms with van der Waals surface area (Å²) in [5, 5.41) is 2.57. The number of pyridine rings is 1. The SMILES string of the molecule is CCCN(CC(=O)NC)c1cc(C(=O)OC)ccn1. The number of nitrogens with one attached hydrogen (secondary N) is 1. The zero-order chi connectivity index (χ0) is 14.3. The molecule has 104 valence electrons. The predicted molar refractivity (Wildman–Crippen MR) is 72.1 cm³/mol. The van der Waals surface area contributed by atoms with Gasteiger partial charge in [0.1, 0.15) is 5.82 Å². The van der Waals surface area contributed by atoms with Crippen molar-refractivity contribution < 1.29 is 14.3 Å². The minimum atomic E-state index is -0.417. The second kappa shape index (κ2) is 7.35. The molecular formula is C13H19N3O3. The van der Waals surface area contributed by atoms with E-state index in [1.807, 2.05) is 11.8 Å². The van der Waals surface area contributed by atoms with Gasteiger partial charge in [-0.15, -0.1) is 0 Å². The monoisotopic (exact) mass is 265 g/mol. The molecule has 0 atom stereocenters. The highest BCUT2D eigenvalue weighted by molar-refractivity contribution is 5.90. The van der Waals surface area contributed by atoms with Crippen LogP contribution in [0.1, 0.15) is 23.7 Å². The van der Waals surface area contributed by atoms with E-state index in [1.54, 1.807) is 19.2 Å². The van der Waals surface area contributed by atoms with Gasteiger partial charge in [0.05, 0.1) is 19.2 Å². The first-order valence-corrected chi connectivity index (χ1v) is 6.12. The summed E-state index contributed by atoms with van der Waals surface area (Å²) >= 11 is 0. The molecular weight excluding hydrogens is 246 g/mol. The summed E-state index contributed by atoms with van der Waals surface area (Å²) in [5.41, 5.74) is 0.422. The quantitative estimate of drug-likeness (QED) is 0.771. The highest BCUT2D eigenvalue weighted by Crippen LogP contribution is 2.13. The molecule has 0 spiro atoms. The molecule has 0 aliphatic rings. The van der Waals surface area contributed by atoms with E-state index in [1.165, 1.54) is 13.3 Å². The molecule has 0 unspecified atom stereocenters. The molecule has 1 aromatic heterocycles. The molecule has 0 bridgehead atoms. The van der Waals surface area contributed by atoms with E-state index in [0.717, 1.165) is 6.42 Å². The molecule has 0 radical (unpaired) electrons. The van der Waals surface area contributed by atoms with E-state index in [0.29, 0.717) is 17.9 Å². The third kappa shape index (κ3) is 4.24. The molecule has 0 aliphatic carbocycles. The van der Waals surface area contributed by atoms with Crippen molar-refractivity contribution >= 4 is 17.7 Å². The number of esters is 1. The van der Waals surface area contributed by atoms with Crippen LogP contribution < -0.4 is 10.2 Å². The average molecular weight is 265 g/mol. The van der Waals surface area contributed by atoms with Crippen LogP contribution in [-0.2, 0) is 9.53 Å². The summed E-state index contributed by atoms with van der Waals surface area (Å²) in [6.07, 6.45) is 2.41. The van der Waals surface area contributed by atoms with Crippen molar-refractivity contribution in [2.24, 2.45) is 0 Å². The van der Waals surface area contributed by atoms with E-state index < -0.39 is 5.97 Å². The molecule has 0 aromatic carbocycles. The van der Waals surface area contributed by atoms with Gasteiger partial charge in [0, 0.05) is 19.8 Å². The Bertz CT molecular complexity index is 449. The molecule has 1 N–H and O–H groups in total. The van der Waals surface area contributed by atoms with Crippen LogP contribution >= 0.6 is 0 Å². The van der Waals surface area contributed by atoms with Gasteiger partial charge < -0.3 is 15.0 Å². The van der Waals surface area contributed by atoms with Gasteiger partial charge in [-0.3, -0.25) is 4.79 Å².